The SMILES string of the molecule is O=CC1CCNC(c2nc3c(Cl)cccc3s2)C1. The summed E-state index contributed by atoms with van der Waals surface area (Å²) in [5.74, 6) is 0.152. The van der Waals surface area contributed by atoms with Gasteiger partial charge in [-0.05, 0) is 31.5 Å². The van der Waals surface area contributed by atoms with Crippen LogP contribution in [-0.2, 0) is 4.79 Å². The molecule has 1 N–H and O–H groups in total. The van der Waals surface area contributed by atoms with Gasteiger partial charge >= 0.3 is 0 Å². The van der Waals surface area contributed by atoms with E-state index in [1.165, 1.54) is 0 Å². The summed E-state index contributed by atoms with van der Waals surface area (Å²) in [6.07, 6.45) is 2.82. The van der Waals surface area contributed by atoms with Crippen molar-refractivity contribution >= 4 is 39.4 Å². The van der Waals surface area contributed by atoms with Crippen LogP contribution >= 0.6 is 22.9 Å². The van der Waals surface area contributed by atoms with Crippen LogP contribution in [0.3, 0.4) is 0 Å². The first-order valence-corrected chi connectivity index (χ1v) is 7.21. The second-order valence-electron chi connectivity index (χ2n) is 4.57. The summed E-state index contributed by atoms with van der Waals surface area (Å²) < 4.78 is 1.10. The van der Waals surface area contributed by atoms with Crippen molar-refractivity contribution in [3.8, 4) is 0 Å². The van der Waals surface area contributed by atoms with Gasteiger partial charge in [-0.15, -0.1) is 11.3 Å². The minimum Gasteiger partial charge on any atom is -0.308 e. The van der Waals surface area contributed by atoms with Crippen LogP contribution in [-0.4, -0.2) is 17.8 Å². The molecule has 2 heterocycles. The molecule has 1 aliphatic heterocycles. The van der Waals surface area contributed by atoms with E-state index in [9.17, 15) is 4.79 Å². The summed E-state index contributed by atoms with van der Waals surface area (Å²) >= 11 is 7.79. The van der Waals surface area contributed by atoms with E-state index in [0.717, 1.165) is 40.9 Å². The number of benzene rings is 1. The van der Waals surface area contributed by atoms with Crippen molar-refractivity contribution < 1.29 is 4.79 Å². The number of halogens is 1. The smallest absolute Gasteiger partial charge is 0.123 e. The van der Waals surface area contributed by atoms with Gasteiger partial charge in [0.25, 0.3) is 0 Å². The molecule has 0 saturated carbocycles. The minimum absolute atomic E-state index is 0.152. The van der Waals surface area contributed by atoms with Crippen molar-refractivity contribution in [2.75, 3.05) is 6.54 Å². The van der Waals surface area contributed by atoms with Crippen LogP contribution in [0.1, 0.15) is 23.9 Å². The number of para-hydroxylation sites is 1. The van der Waals surface area contributed by atoms with E-state index in [-0.39, 0.29) is 12.0 Å². The van der Waals surface area contributed by atoms with Crippen molar-refractivity contribution in [2.45, 2.75) is 18.9 Å². The average molecular weight is 281 g/mol. The molecule has 2 unspecified atom stereocenters. The number of rotatable bonds is 2. The standard InChI is InChI=1S/C13H13ClN2OS/c14-9-2-1-3-11-12(9)16-13(18-11)10-6-8(7-17)4-5-15-10/h1-3,7-8,10,15H,4-6H2. The van der Waals surface area contributed by atoms with E-state index >= 15 is 0 Å². The number of hydrogen-bond donors (Lipinski definition) is 1. The summed E-state index contributed by atoms with van der Waals surface area (Å²) in [5, 5.41) is 5.15. The number of piperidine rings is 1. The molecule has 2 aromatic rings. The van der Waals surface area contributed by atoms with Gasteiger partial charge < -0.3 is 10.1 Å². The van der Waals surface area contributed by atoms with Crippen LogP contribution < -0.4 is 5.32 Å². The Hall–Kier alpha value is -0.970. The monoisotopic (exact) mass is 280 g/mol. The predicted octanol–water partition coefficient (Wildman–Crippen LogP) is 3.19. The van der Waals surface area contributed by atoms with Gasteiger partial charge in [0.05, 0.1) is 15.8 Å². The Morgan fingerprint density at radius 3 is 3.17 bits per heavy atom. The molecule has 0 spiro atoms. The first-order valence-electron chi connectivity index (χ1n) is 6.01. The van der Waals surface area contributed by atoms with E-state index < -0.39 is 0 Å². The number of aldehydes is 1. The molecule has 0 aliphatic carbocycles. The molecule has 0 amide bonds. The number of thiazole rings is 1. The second-order valence-corrected chi connectivity index (χ2v) is 6.04. The highest BCUT2D eigenvalue weighted by atomic mass is 35.5. The van der Waals surface area contributed by atoms with Gasteiger partial charge in [-0.1, -0.05) is 17.7 Å². The fourth-order valence-electron chi connectivity index (χ4n) is 2.34. The zero-order valence-corrected chi connectivity index (χ0v) is 11.3. The van der Waals surface area contributed by atoms with Crippen LogP contribution in [0.2, 0.25) is 5.02 Å². The quantitative estimate of drug-likeness (QED) is 0.859. The molecular formula is C13H13ClN2OS. The summed E-state index contributed by atoms with van der Waals surface area (Å²) in [7, 11) is 0. The van der Waals surface area contributed by atoms with Crippen LogP contribution in [0.25, 0.3) is 10.2 Å². The Labute approximate surface area is 114 Å². The Morgan fingerprint density at radius 1 is 1.50 bits per heavy atom. The Balaban J connectivity index is 1.94. The van der Waals surface area contributed by atoms with E-state index in [0.29, 0.717) is 5.02 Å². The van der Waals surface area contributed by atoms with Gasteiger partial charge in [0, 0.05) is 5.92 Å². The molecule has 18 heavy (non-hydrogen) atoms. The molecule has 5 heteroatoms. The zero-order chi connectivity index (χ0) is 12.5. The third-order valence-electron chi connectivity index (χ3n) is 3.32. The van der Waals surface area contributed by atoms with Crippen molar-refractivity contribution in [2.24, 2.45) is 5.92 Å². The summed E-state index contributed by atoms with van der Waals surface area (Å²) in [6, 6.07) is 6.01. The fraction of sp³-hybridized carbons (Fsp3) is 0.385. The third kappa shape index (κ3) is 2.16. The second kappa shape index (κ2) is 4.96. The molecule has 0 bridgehead atoms. The Morgan fingerprint density at radius 2 is 2.39 bits per heavy atom. The third-order valence-corrected chi connectivity index (χ3v) is 4.76. The molecule has 1 aliphatic rings. The highest BCUT2D eigenvalue weighted by molar-refractivity contribution is 7.18. The molecule has 2 atom stereocenters. The molecule has 3 nitrogen and oxygen atoms in total. The number of carbonyl (C=O) groups is 1. The lowest BCUT2D eigenvalue weighted by Crippen LogP contribution is -2.32. The van der Waals surface area contributed by atoms with Gasteiger partial charge in [-0.3, -0.25) is 0 Å². The van der Waals surface area contributed by atoms with Gasteiger partial charge in [0.2, 0.25) is 0 Å². The van der Waals surface area contributed by atoms with Crippen molar-refractivity contribution in [1.29, 1.82) is 0 Å². The molecule has 3 rings (SSSR count). The van der Waals surface area contributed by atoms with Crippen LogP contribution in [0.15, 0.2) is 18.2 Å². The number of carbonyl (C=O) groups excluding carboxylic acids is 1. The Bertz CT molecular complexity index is 583. The van der Waals surface area contributed by atoms with E-state index in [1.807, 2.05) is 18.2 Å². The number of nitrogens with one attached hydrogen (secondary N) is 1. The summed E-state index contributed by atoms with van der Waals surface area (Å²) in [6.45, 7) is 0.873. The van der Waals surface area contributed by atoms with Crippen LogP contribution in [0.4, 0.5) is 0 Å². The maximum atomic E-state index is 10.9. The summed E-state index contributed by atoms with van der Waals surface area (Å²) in [4.78, 5) is 15.5. The largest absolute Gasteiger partial charge is 0.308 e. The average Bonchev–Trinajstić information content (AvgIpc) is 2.84. The number of fused-ring (bicyclic) bond motifs is 1. The van der Waals surface area contributed by atoms with Crippen LogP contribution in [0, 0.1) is 5.92 Å². The highest BCUT2D eigenvalue weighted by Gasteiger charge is 2.25. The first kappa shape index (κ1) is 12.1. The van der Waals surface area contributed by atoms with Crippen molar-refractivity contribution in [1.82, 2.24) is 10.3 Å². The van der Waals surface area contributed by atoms with Gasteiger partial charge in [-0.2, -0.15) is 0 Å². The van der Waals surface area contributed by atoms with Gasteiger partial charge in [-0.25, -0.2) is 4.98 Å². The van der Waals surface area contributed by atoms with Crippen molar-refractivity contribution in [3.05, 3.63) is 28.2 Å². The lowest BCUT2D eigenvalue weighted by molar-refractivity contribution is -0.112. The number of nitrogens with zero attached hydrogens (tertiary/aromatic N) is 1. The molecule has 1 aromatic heterocycles. The maximum absolute atomic E-state index is 10.9. The minimum atomic E-state index is 0.152. The lowest BCUT2D eigenvalue weighted by atomic mass is 9.94. The number of hydrogen-bond acceptors (Lipinski definition) is 4. The molecule has 0 radical (unpaired) electrons. The topological polar surface area (TPSA) is 42.0 Å². The molecule has 1 saturated heterocycles. The molecular weight excluding hydrogens is 268 g/mol. The van der Waals surface area contributed by atoms with E-state index in [2.05, 4.69) is 10.3 Å². The Kier molecular flexibility index (Phi) is 3.33. The predicted molar refractivity (Wildman–Crippen MR) is 74.2 cm³/mol. The number of aromatic nitrogens is 1. The summed E-state index contributed by atoms with van der Waals surface area (Å²) in [5.41, 5.74) is 0.870. The molecule has 94 valence electrons. The zero-order valence-electron chi connectivity index (χ0n) is 9.73. The van der Waals surface area contributed by atoms with Crippen LogP contribution in [0.5, 0.6) is 0 Å². The van der Waals surface area contributed by atoms with Gasteiger partial charge in [0.15, 0.2) is 0 Å². The first-order chi connectivity index (χ1) is 8.78. The maximum Gasteiger partial charge on any atom is 0.123 e. The normalized spacial score (nSPS) is 24.3. The molecule has 1 fully saturated rings. The highest BCUT2D eigenvalue weighted by Crippen LogP contribution is 2.34. The molecule has 1 aromatic carbocycles. The van der Waals surface area contributed by atoms with Gasteiger partial charge in [0.1, 0.15) is 16.8 Å². The fourth-order valence-corrected chi connectivity index (χ4v) is 3.70. The van der Waals surface area contributed by atoms with E-state index in [1.54, 1.807) is 11.3 Å². The van der Waals surface area contributed by atoms with Crippen molar-refractivity contribution in [3.63, 3.8) is 0 Å². The van der Waals surface area contributed by atoms with E-state index in [4.69, 9.17) is 11.6 Å². The lowest BCUT2D eigenvalue weighted by Gasteiger charge is -2.25.